The average molecular weight is 341 g/mol. The molecule has 0 fully saturated rings. The molecule has 2 rings (SSSR count). The molecule has 6 heteroatoms. The number of nitrogens with zero attached hydrogens (tertiary/aromatic N) is 1. The van der Waals surface area contributed by atoms with Gasteiger partial charge in [0.25, 0.3) is 0 Å². The Labute approximate surface area is 138 Å². The smallest absolute Gasteiger partial charge is 0.230 e. The molecular weight excluding hydrogens is 327 g/mol. The molecule has 0 aliphatic rings. The van der Waals surface area contributed by atoms with E-state index in [1.54, 1.807) is 24.4 Å². The molecule has 110 valence electrons. The fourth-order valence-corrected chi connectivity index (χ4v) is 3.02. The summed E-state index contributed by atoms with van der Waals surface area (Å²) in [6, 6.07) is 10.7. The molecule has 0 aliphatic heterocycles. The van der Waals surface area contributed by atoms with Crippen molar-refractivity contribution in [2.24, 2.45) is 0 Å². The van der Waals surface area contributed by atoms with Gasteiger partial charge in [-0.1, -0.05) is 29.3 Å². The molecule has 1 heterocycles. The Morgan fingerprint density at radius 3 is 2.86 bits per heavy atom. The lowest BCUT2D eigenvalue weighted by atomic mass is 10.2. The highest BCUT2D eigenvalue weighted by molar-refractivity contribution is 8.00. The van der Waals surface area contributed by atoms with Crippen LogP contribution in [0.5, 0.6) is 0 Å². The largest absolute Gasteiger partial charge is 0.347 e. The average Bonchev–Trinajstić information content (AvgIpc) is 2.49. The number of pyridine rings is 1. The van der Waals surface area contributed by atoms with Gasteiger partial charge in [-0.25, -0.2) is 0 Å². The first-order valence-corrected chi connectivity index (χ1v) is 8.08. The second kappa shape index (κ2) is 7.69. The van der Waals surface area contributed by atoms with Crippen molar-refractivity contribution < 1.29 is 4.79 Å². The Hall–Kier alpha value is -1.23. The van der Waals surface area contributed by atoms with Crippen molar-refractivity contribution in [1.29, 1.82) is 0 Å². The van der Waals surface area contributed by atoms with Crippen molar-refractivity contribution in [3.63, 3.8) is 0 Å². The van der Waals surface area contributed by atoms with Crippen LogP contribution in [0.1, 0.15) is 18.7 Å². The third-order valence-corrected chi connectivity index (χ3v) is 4.49. The van der Waals surface area contributed by atoms with Crippen LogP contribution < -0.4 is 5.32 Å². The number of nitrogens with one attached hydrogen (secondary N) is 1. The molecule has 3 nitrogen and oxygen atoms in total. The molecular formula is C15H14Cl2N2OS. The number of rotatable bonds is 5. The molecule has 0 saturated heterocycles. The quantitative estimate of drug-likeness (QED) is 0.822. The lowest BCUT2D eigenvalue weighted by Gasteiger charge is -2.13. The second-order valence-electron chi connectivity index (χ2n) is 4.41. The summed E-state index contributed by atoms with van der Waals surface area (Å²) < 4.78 is 0. The maximum Gasteiger partial charge on any atom is 0.230 e. The zero-order valence-corrected chi connectivity index (χ0v) is 13.7. The number of benzene rings is 1. The van der Waals surface area contributed by atoms with Crippen molar-refractivity contribution in [2.75, 3.05) is 5.75 Å². The van der Waals surface area contributed by atoms with Crippen LogP contribution in [-0.2, 0) is 4.79 Å². The summed E-state index contributed by atoms with van der Waals surface area (Å²) in [4.78, 5) is 17.0. The first-order valence-electron chi connectivity index (χ1n) is 6.34. The molecule has 0 radical (unpaired) electrons. The summed E-state index contributed by atoms with van der Waals surface area (Å²) in [7, 11) is 0. The van der Waals surface area contributed by atoms with Gasteiger partial charge in [-0.05, 0) is 37.3 Å². The summed E-state index contributed by atoms with van der Waals surface area (Å²) >= 11 is 13.3. The van der Waals surface area contributed by atoms with Crippen LogP contribution in [-0.4, -0.2) is 16.6 Å². The molecule has 0 spiro atoms. The number of thioether (sulfide) groups is 1. The van der Waals surface area contributed by atoms with E-state index in [0.29, 0.717) is 10.0 Å². The summed E-state index contributed by atoms with van der Waals surface area (Å²) in [5.74, 6) is 0.200. The maximum absolute atomic E-state index is 12.0. The van der Waals surface area contributed by atoms with Crippen LogP contribution in [0.15, 0.2) is 47.5 Å². The van der Waals surface area contributed by atoms with Crippen molar-refractivity contribution in [2.45, 2.75) is 17.9 Å². The third kappa shape index (κ3) is 4.92. The van der Waals surface area contributed by atoms with E-state index in [0.717, 1.165) is 10.6 Å². The van der Waals surface area contributed by atoms with E-state index in [1.165, 1.54) is 11.8 Å². The summed E-state index contributed by atoms with van der Waals surface area (Å²) in [6.07, 6.45) is 1.71. The minimum absolute atomic E-state index is 0.0748. The molecule has 2 aromatic rings. The van der Waals surface area contributed by atoms with Gasteiger partial charge < -0.3 is 5.32 Å². The van der Waals surface area contributed by atoms with E-state index >= 15 is 0 Å². The summed E-state index contributed by atoms with van der Waals surface area (Å²) in [6.45, 7) is 1.90. The maximum atomic E-state index is 12.0. The highest BCUT2D eigenvalue weighted by Crippen LogP contribution is 2.29. The van der Waals surface area contributed by atoms with Crippen LogP contribution in [0, 0.1) is 0 Å². The number of halogens is 2. The van der Waals surface area contributed by atoms with Gasteiger partial charge in [-0.3, -0.25) is 9.78 Å². The van der Waals surface area contributed by atoms with E-state index in [9.17, 15) is 4.79 Å². The molecule has 0 bridgehead atoms. The number of hydrogen-bond donors (Lipinski definition) is 1. The lowest BCUT2D eigenvalue weighted by molar-refractivity contribution is -0.119. The van der Waals surface area contributed by atoms with E-state index in [1.807, 2.05) is 25.1 Å². The summed E-state index contributed by atoms with van der Waals surface area (Å²) in [5, 5.41) is 4.10. The molecule has 1 amide bonds. The minimum atomic E-state index is -0.130. The van der Waals surface area contributed by atoms with Crippen LogP contribution in [0.4, 0.5) is 0 Å². The molecule has 1 atom stereocenters. The van der Waals surface area contributed by atoms with Gasteiger partial charge in [0.05, 0.1) is 22.5 Å². The Kier molecular flexibility index (Phi) is 5.91. The zero-order chi connectivity index (χ0) is 15.2. The Morgan fingerprint density at radius 2 is 2.14 bits per heavy atom. The number of carbonyl (C=O) groups is 1. The number of amides is 1. The molecule has 0 saturated carbocycles. The topological polar surface area (TPSA) is 42.0 Å². The summed E-state index contributed by atoms with van der Waals surface area (Å²) in [5.41, 5.74) is 0.830. The monoisotopic (exact) mass is 340 g/mol. The Bertz CT molecular complexity index is 622. The van der Waals surface area contributed by atoms with Crippen molar-refractivity contribution in [3.05, 3.63) is 58.3 Å². The lowest BCUT2D eigenvalue weighted by Crippen LogP contribution is -2.28. The number of aromatic nitrogens is 1. The van der Waals surface area contributed by atoms with Gasteiger partial charge in [0.15, 0.2) is 0 Å². The van der Waals surface area contributed by atoms with Gasteiger partial charge in [0.1, 0.15) is 0 Å². The minimum Gasteiger partial charge on any atom is -0.347 e. The third-order valence-electron chi connectivity index (χ3n) is 2.76. The molecule has 1 aromatic heterocycles. The standard InChI is InChI=1S/C15H14Cl2N2OS/c1-10(13-4-2-3-7-18-13)19-15(20)9-21-14-8-11(16)5-6-12(14)17/h2-8,10H,9H2,1H3,(H,19,20). The second-order valence-corrected chi connectivity index (χ2v) is 6.27. The van der Waals surface area contributed by atoms with Crippen LogP contribution in [0.25, 0.3) is 0 Å². The van der Waals surface area contributed by atoms with Crippen LogP contribution in [0.3, 0.4) is 0 Å². The van der Waals surface area contributed by atoms with Gasteiger partial charge in [-0.2, -0.15) is 0 Å². The van der Waals surface area contributed by atoms with Gasteiger partial charge >= 0.3 is 0 Å². The van der Waals surface area contributed by atoms with Gasteiger partial charge in [-0.15, -0.1) is 11.8 Å². The van der Waals surface area contributed by atoms with Crippen LogP contribution >= 0.6 is 35.0 Å². The fraction of sp³-hybridized carbons (Fsp3) is 0.200. The highest BCUT2D eigenvalue weighted by atomic mass is 35.5. The highest BCUT2D eigenvalue weighted by Gasteiger charge is 2.11. The first kappa shape index (κ1) is 16.1. The van der Waals surface area contributed by atoms with E-state index in [-0.39, 0.29) is 17.7 Å². The molecule has 1 aromatic carbocycles. The molecule has 0 aliphatic carbocycles. The van der Waals surface area contributed by atoms with Crippen LogP contribution in [0.2, 0.25) is 10.0 Å². The predicted molar refractivity (Wildman–Crippen MR) is 88.0 cm³/mol. The predicted octanol–water partition coefficient (Wildman–Crippen LogP) is 4.36. The Balaban J connectivity index is 1.89. The fourth-order valence-electron chi connectivity index (χ4n) is 1.72. The van der Waals surface area contributed by atoms with Crippen molar-refractivity contribution in [3.8, 4) is 0 Å². The number of hydrogen-bond acceptors (Lipinski definition) is 3. The molecule has 21 heavy (non-hydrogen) atoms. The van der Waals surface area contributed by atoms with Gasteiger partial charge in [0, 0.05) is 16.1 Å². The first-order chi connectivity index (χ1) is 10.1. The SMILES string of the molecule is CC(NC(=O)CSc1cc(Cl)ccc1Cl)c1ccccn1. The molecule has 1 N–H and O–H groups in total. The van der Waals surface area contributed by atoms with Crippen molar-refractivity contribution >= 4 is 40.9 Å². The Morgan fingerprint density at radius 1 is 1.33 bits per heavy atom. The van der Waals surface area contributed by atoms with Gasteiger partial charge in [0.2, 0.25) is 5.91 Å². The normalized spacial score (nSPS) is 12.0. The molecule has 1 unspecified atom stereocenters. The zero-order valence-electron chi connectivity index (χ0n) is 11.3. The van der Waals surface area contributed by atoms with Crippen molar-refractivity contribution in [1.82, 2.24) is 10.3 Å². The van der Waals surface area contributed by atoms with E-state index in [2.05, 4.69) is 10.3 Å². The number of carbonyl (C=O) groups excluding carboxylic acids is 1. The van der Waals surface area contributed by atoms with E-state index < -0.39 is 0 Å². The van der Waals surface area contributed by atoms with E-state index in [4.69, 9.17) is 23.2 Å².